The Morgan fingerprint density at radius 2 is 1.91 bits per heavy atom. The third-order valence-electron chi connectivity index (χ3n) is 4.45. The third-order valence-corrected chi connectivity index (χ3v) is 5.92. The summed E-state index contributed by atoms with van der Waals surface area (Å²) < 4.78 is 23.1. The van der Waals surface area contributed by atoms with Gasteiger partial charge in [-0.2, -0.15) is 10.2 Å². The summed E-state index contributed by atoms with van der Waals surface area (Å²) in [6, 6.07) is 10.8. The Balaban J connectivity index is 1.40. The molecule has 0 saturated carbocycles. The van der Waals surface area contributed by atoms with Crippen molar-refractivity contribution in [3.63, 3.8) is 0 Å². The average molecular weight is 574 g/mol. The van der Waals surface area contributed by atoms with Crippen molar-refractivity contribution in [1.82, 2.24) is 19.6 Å². The minimum absolute atomic E-state index is 0.0380. The van der Waals surface area contributed by atoms with Crippen molar-refractivity contribution in [2.24, 2.45) is 0 Å². The SMILES string of the molecule is O=C(Nc1nn(Cc2c(F)cccc2Cl)cc1Br)c1ccn(COc2ccc(Cl)cc2Cl)n1. The fourth-order valence-corrected chi connectivity index (χ4v) is 3.96. The predicted molar refractivity (Wildman–Crippen MR) is 128 cm³/mol. The van der Waals surface area contributed by atoms with E-state index in [-0.39, 0.29) is 24.8 Å². The smallest absolute Gasteiger partial charge is 0.277 e. The van der Waals surface area contributed by atoms with Gasteiger partial charge < -0.3 is 10.1 Å². The van der Waals surface area contributed by atoms with Gasteiger partial charge in [-0.3, -0.25) is 9.48 Å². The molecule has 170 valence electrons. The summed E-state index contributed by atoms with van der Waals surface area (Å²) in [5, 5.41) is 12.3. The molecule has 2 heterocycles. The molecule has 0 bridgehead atoms. The van der Waals surface area contributed by atoms with Crippen molar-refractivity contribution < 1.29 is 13.9 Å². The first-order valence-electron chi connectivity index (χ1n) is 9.38. The van der Waals surface area contributed by atoms with E-state index in [1.165, 1.54) is 27.6 Å². The third kappa shape index (κ3) is 5.67. The zero-order chi connectivity index (χ0) is 23.5. The molecular weight excluding hydrogens is 560 g/mol. The summed E-state index contributed by atoms with van der Waals surface area (Å²) in [7, 11) is 0. The van der Waals surface area contributed by atoms with Gasteiger partial charge in [-0.15, -0.1) is 0 Å². The zero-order valence-corrected chi connectivity index (χ0v) is 20.5. The molecule has 1 amide bonds. The largest absolute Gasteiger partial charge is 0.470 e. The second-order valence-electron chi connectivity index (χ2n) is 6.77. The summed E-state index contributed by atoms with van der Waals surface area (Å²) >= 11 is 21.4. The van der Waals surface area contributed by atoms with Crippen LogP contribution in [0, 0.1) is 5.82 Å². The number of hydrogen-bond donors (Lipinski definition) is 1. The number of nitrogens with one attached hydrogen (secondary N) is 1. The minimum Gasteiger partial charge on any atom is -0.470 e. The zero-order valence-electron chi connectivity index (χ0n) is 16.6. The molecule has 0 saturated heterocycles. The fraction of sp³-hybridized carbons (Fsp3) is 0.0952. The Bertz CT molecular complexity index is 1310. The molecule has 33 heavy (non-hydrogen) atoms. The Kier molecular flexibility index (Phi) is 7.23. The van der Waals surface area contributed by atoms with Gasteiger partial charge in [0, 0.05) is 28.0 Å². The molecule has 0 radical (unpaired) electrons. The van der Waals surface area contributed by atoms with Crippen LogP contribution >= 0.6 is 50.7 Å². The number of rotatable bonds is 7. The lowest BCUT2D eigenvalue weighted by molar-refractivity contribution is 0.101. The highest BCUT2D eigenvalue weighted by molar-refractivity contribution is 9.10. The van der Waals surface area contributed by atoms with Crippen molar-refractivity contribution in [3.05, 3.63) is 91.5 Å². The van der Waals surface area contributed by atoms with Crippen LogP contribution in [-0.4, -0.2) is 25.5 Å². The van der Waals surface area contributed by atoms with E-state index in [0.29, 0.717) is 30.9 Å². The van der Waals surface area contributed by atoms with Gasteiger partial charge >= 0.3 is 0 Å². The second-order valence-corrected chi connectivity index (χ2v) is 8.87. The number of ether oxygens (including phenoxy) is 1. The van der Waals surface area contributed by atoms with Gasteiger partial charge in [-0.25, -0.2) is 9.07 Å². The highest BCUT2D eigenvalue weighted by Crippen LogP contribution is 2.28. The molecular formula is C21H14BrCl3FN5O2. The van der Waals surface area contributed by atoms with Crippen LogP contribution in [0.15, 0.2) is 59.3 Å². The van der Waals surface area contributed by atoms with Crippen molar-refractivity contribution in [1.29, 1.82) is 0 Å². The van der Waals surface area contributed by atoms with Crippen molar-refractivity contribution in [2.45, 2.75) is 13.3 Å². The van der Waals surface area contributed by atoms with Gasteiger partial charge in [-0.05, 0) is 52.3 Å². The topological polar surface area (TPSA) is 74.0 Å². The average Bonchev–Trinajstić information content (AvgIpc) is 3.37. The van der Waals surface area contributed by atoms with Gasteiger partial charge in [-0.1, -0.05) is 40.9 Å². The minimum atomic E-state index is -0.479. The molecule has 12 heteroatoms. The van der Waals surface area contributed by atoms with Crippen LogP contribution in [0.25, 0.3) is 0 Å². The number of carbonyl (C=O) groups excluding carboxylic acids is 1. The molecule has 0 atom stereocenters. The van der Waals surface area contributed by atoms with Crippen molar-refractivity contribution >= 4 is 62.5 Å². The van der Waals surface area contributed by atoms with E-state index in [2.05, 4.69) is 31.4 Å². The number of carbonyl (C=O) groups is 1. The Labute approximate surface area is 211 Å². The van der Waals surface area contributed by atoms with Crippen LogP contribution in [0.1, 0.15) is 16.1 Å². The Morgan fingerprint density at radius 1 is 1.09 bits per heavy atom. The fourth-order valence-electron chi connectivity index (χ4n) is 2.86. The van der Waals surface area contributed by atoms with Crippen LogP contribution in [0.4, 0.5) is 10.2 Å². The van der Waals surface area contributed by atoms with Crippen LogP contribution in [0.5, 0.6) is 5.75 Å². The number of halogens is 5. The lowest BCUT2D eigenvalue weighted by Crippen LogP contribution is -2.15. The Morgan fingerprint density at radius 3 is 2.67 bits per heavy atom. The van der Waals surface area contributed by atoms with Gasteiger partial charge in [0.15, 0.2) is 18.2 Å². The second kappa shape index (κ2) is 10.1. The molecule has 2 aromatic carbocycles. The summed E-state index contributed by atoms with van der Waals surface area (Å²) in [5.41, 5.74) is 0.450. The highest BCUT2D eigenvalue weighted by atomic mass is 79.9. The van der Waals surface area contributed by atoms with E-state index in [9.17, 15) is 9.18 Å². The number of anilines is 1. The van der Waals surface area contributed by atoms with Crippen molar-refractivity contribution in [2.75, 3.05) is 5.32 Å². The first-order chi connectivity index (χ1) is 15.8. The summed E-state index contributed by atoms with van der Waals surface area (Å²) in [6.45, 7) is 0.134. The number of benzene rings is 2. The molecule has 1 N–H and O–H groups in total. The van der Waals surface area contributed by atoms with Crippen molar-refractivity contribution in [3.8, 4) is 5.75 Å². The lowest BCUT2D eigenvalue weighted by atomic mass is 10.2. The first kappa shape index (κ1) is 23.6. The summed E-state index contributed by atoms with van der Waals surface area (Å²) in [5.74, 6) is -0.223. The summed E-state index contributed by atoms with van der Waals surface area (Å²) in [6.07, 6.45) is 3.20. The van der Waals surface area contributed by atoms with Crippen LogP contribution in [-0.2, 0) is 13.3 Å². The number of amides is 1. The van der Waals surface area contributed by atoms with Gasteiger partial charge in [0.1, 0.15) is 11.6 Å². The van der Waals surface area contributed by atoms with E-state index < -0.39 is 11.7 Å². The number of nitrogens with zero attached hydrogens (tertiary/aromatic N) is 4. The van der Waals surface area contributed by atoms with Crippen LogP contribution in [0.3, 0.4) is 0 Å². The molecule has 4 aromatic rings. The van der Waals surface area contributed by atoms with Crippen LogP contribution in [0.2, 0.25) is 15.1 Å². The molecule has 0 aliphatic rings. The van der Waals surface area contributed by atoms with E-state index >= 15 is 0 Å². The van der Waals surface area contributed by atoms with E-state index in [4.69, 9.17) is 39.5 Å². The van der Waals surface area contributed by atoms with E-state index in [1.54, 1.807) is 36.7 Å². The standard InChI is InChI=1S/C21H14BrCl3FN5O2/c22-14-10-31(9-13-15(24)2-1-3-17(13)26)29-20(14)27-21(32)18-6-7-30(28-18)11-33-19-5-4-12(23)8-16(19)25/h1-8,10H,9,11H2,(H,27,29,32). The molecule has 0 unspecified atom stereocenters. The molecule has 0 aliphatic carbocycles. The number of hydrogen-bond acceptors (Lipinski definition) is 4. The van der Waals surface area contributed by atoms with E-state index in [1.807, 2.05) is 0 Å². The molecule has 0 aliphatic heterocycles. The van der Waals surface area contributed by atoms with Gasteiger partial charge in [0.25, 0.3) is 5.91 Å². The highest BCUT2D eigenvalue weighted by Gasteiger charge is 2.16. The molecule has 2 aromatic heterocycles. The monoisotopic (exact) mass is 571 g/mol. The predicted octanol–water partition coefficient (Wildman–Crippen LogP) is 6.28. The van der Waals surface area contributed by atoms with E-state index in [0.717, 1.165) is 0 Å². The number of aromatic nitrogens is 4. The van der Waals surface area contributed by atoms with Gasteiger partial charge in [0.05, 0.1) is 16.0 Å². The Hall–Kier alpha value is -2.59. The quantitative estimate of drug-likeness (QED) is 0.283. The van der Waals surface area contributed by atoms with Gasteiger partial charge in [0.2, 0.25) is 0 Å². The maximum atomic E-state index is 14.0. The molecule has 7 nitrogen and oxygen atoms in total. The summed E-state index contributed by atoms with van der Waals surface area (Å²) in [4.78, 5) is 12.6. The maximum absolute atomic E-state index is 14.0. The first-order valence-corrected chi connectivity index (χ1v) is 11.3. The normalized spacial score (nSPS) is 10.9. The molecule has 0 spiro atoms. The molecule has 0 fully saturated rings. The maximum Gasteiger partial charge on any atom is 0.277 e. The van der Waals surface area contributed by atoms with Crippen LogP contribution < -0.4 is 10.1 Å². The molecule has 4 rings (SSSR count). The lowest BCUT2D eigenvalue weighted by Gasteiger charge is -2.08.